The summed E-state index contributed by atoms with van der Waals surface area (Å²) in [4.78, 5) is 48.4. The van der Waals surface area contributed by atoms with Crippen LogP contribution in [-0.2, 0) is 42.2 Å². The number of carbonyl (C=O) groups excluding carboxylic acids is 3. The molecule has 0 aromatic heterocycles. The second-order valence-electron chi connectivity index (χ2n) is 18.4. The summed E-state index contributed by atoms with van der Waals surface area (Å²) >= 11 is 0. The maximum Gasteiger partial charge on any atom is 0.472 e. The Labute approximate surface area is 427 Å². The molecule has 0 aliphatic rings. The van der Waals surface area contributed by atoms with E-state index in [1.807, 2.05) is 0 Å². The van der Waals surface area contributed by atoms with E-state index < -0.39 is 57.8 Å². The lowest BCUT2D eigenvalue weighted by molar-refractivity contribution is -0.161. The highest BCUT2D eigenvalue weighted by Gasteiger charge is 2.28. The van der Waals surface area contributed by atoms with Crippen molar-refractivity contribution in [1.29, 1.82) is 0 Å². The first kappa shape index (κ1) is 66.9. The predicted octanol–water partition coefficient (Wildman–Crippen LogP) is 16.1. The van der Waals surface area contributed by atoms with Gasteiger partial charge in [-0.2, -0.15) is 0 Å². The third-order valence-corrected chi connectivity index (χ3v) is 12.5. The van der Waals surface area contributed by atoms with Crippen LogP contribution in [0, 0.1) is 0 Å². The number of aliphatic hydroxyl groups excluding tert-OH is 1. The number of hydrogen-bond acceptors (Lipinski definition) is 10. The van der Waals surface area contributed by atoms with E-state index in [1.165, 1.54) is 38.5 Å². The Bertz CT molecular complexity index is 1450. The molecular formula is C58H101O11P. The molecule has 0 amide bonds. The number of hydrogen-bond donors (Lipinski definition) is 2. The summed E-state index contributed by atoms with van der Waals surface area (Å²) in [7, 11) is -4.75. The van der Waals surface area contributed by atoms with Crippen molar-refractivity contribution in [2.75, 3.05) is 26.4 Å². The molecule has 0 bridgehead atoms. The Kier molecular flexibility index (Phi) is 50.0. The fourth-order valence-electron chi connectivity index (χ4n) is 7.32. The van der Waals surface area contributed by atoms with Crippen molar-refractivity contribution in [1.82, 2.24) is 0 Å². The number of esters is 3. The minimum absolute atomic E-state index is 0.152. The minimum atomic E-state index is -4.75. The van der Waals surface area contributed by atoms with Gasteiger partial charge in [0.15, 0.2) is 6.10 Å². The maximum atomic E-state index is 12.9. The largest absolute Gasteiger partial charge is 0.472 e. The lowest BCUT2D eigenvalue weighted by Crippen LogP contribution is -2.30. The molecule has 70 heavy (non-hydrogen) atoms. The van der Waals surface area contributed by atoms with E-state index in [9.17, 15) is 28.9 Å². The van der Waals surface area contributed by atoms with Gasteiger partial charge in [-0.15, -0.1) is 0 Å². The molecule has 0 aromatic rings. The third-order valence-electron chi connectivity index (χ3n) is 11.6. The Morgan fingerprint density at radius 2 is 0.757 bits per heavy atom. The summed E-state index contributed by atoms with van der Waals surface area (Å²) in [5, 5.41) is 9.80. The standard InChI is InChI=1S/C58H101O11P/c1-4-7-10-13-16-19-22-24-26-27-29-31-34-37-40-43-46-49-58(62)69-55(51-65-56(60)47-44-41-38-35-32-21-18-15-12-9-6-3)53-67-70(63,64)66-52-54(50-59)68-57(61)48-45-42-39-36-33-30-28-25-23-20-17-14-11-8-5-2/h7,10,15-20,24-26,28,54-55,59H,4-6,8-9,11-14,21-23,27,29-53H2,1-3H3,(H,63,64)/b10-7-,18-15-,19-16-,20-17-,26-24-,28-25-. The molecule has 2 N–H and O–H groups in total. The molecule has 3 unspecified atom stereocenters. The maximum absolute atomic E-state index is 12.9. The van der Waals surface area contributed by atoms with Gasteiger partial charge in [0.05, 0.1) is 19.8 Å². The second-order valence-corrected chi connectivity index (χ2v) is 19.8. The molecule has 0 rings (SSSR count). The number of unbranched alkanes of at least 4 members (excludes halogenated alkanes) is 22. The molecule has 0 aliphatic heterocycles. The minimum Gasteiger partial charge on any atom is -0.462 e. The van der Waals surface area contributed by atoms with Gasteiger partial charge in [0.1, 0.15) is 12.7 Å². The van der Waals surface area contributed by atoms with Crippen LogP contribution in [0.2, 0.25) is 0 Å². The quantitative estimate of drug-likeness (QED) is 0.0197. The molecule has 0 saturated heterocycles. The Morgan fingerprint density at radius 3 is 1.20 bits per heavy atom. The SMILES string of the molecule is CC/C=C\C/C=C\C/C=C\CCCCCCCCCC(=O)OC(COC(=O)CCCCCCC/C=C\CCCC)COP(=O)(O)OCC(CO)OC(=O)CCCCCCC/C=C\C/C=C\CCCCC. The zero-order valence-electron chi connectivity index (χ0n) is 44.5. The molecule has 404 valence electrons. The molecule has 0 aliphatic carbocycles. The summed E-state index contributed by atoms with van der Waals surface area (Å²) < 4.78 is 39.4. The summed E-state index contributed by atoms with van der Waals surface area (Å²) in [6.07, 6.45) is 57.2. The molecule has 0 fully saturated rings. The van der Waals surface area contributed by atoms with Crippen molar-refractivity contribution in [3.8, 4) is 0 Å². The number of phosphoric acid groups is 1. The summed E-state index contributed by atoms with van der Waals surface area (Å²) in [6.45, 7) is 4.43. The highest BCUT2D eigenvalue weighted by molar-refractivity contribution is 7.47. The number of allylic oxidation sites excluding steroid dienone is 12. The molecule has 0 aromatic carbocycles. The van der Waals surface area contributed by atoms with Gasteiger partial charge in [-0.25, -0.2) is 4.57 Å². The van der Waals surface area contributed by atoms with Gasteiger partial charge in [0.25, 0.3) is 0 Å². The van der Waals surface area contributed by atoms with Gasteiger partial charge >= 0.3 is 25.7 Å². The van der Waals surface area contributed by atoms with Gasteiger partial charge in [-0.1, -0.05) is 190 Å². The Balaban J connectivity index is 4.73. The normalized spacial score (nSPS) is 14.0. The highest BCUT2D eigenvalue weighted by atomic mass is 31.2. The van der Waals surface area contributed by atoms with Crippen LogP contribution in [0.5, 0.6) is 0 Å². The average Bonchev–Trinajstić information content (AvgIpc) is 3.35. The van der Waals surface area contributed by atoms with Crippen LogP contribution in [-0.4, -0.2) is 66.5 Å². The van der Waals surface area contributed by atoms with Crippen molar-refractivity contribution in [3.63, 3.8) is 0 Å². The summed E-state index contributed by atoms with van der Waals surface area (Å²) in [6, 6.07) is 0. The van der Waals surface area contributed by atoms with Gasteiger partial charge in [0, 0.05) is 19.3 Å². The number of carbonyl (C=O) groups is 3. The smallest absolute Gasteiger partial charge is 0.462 e. The molecule has 0 heterocycles. The van der Waals surface area contributed by atoms with Gasteiger partial charge in [-0.3, -0.25) is 23.4 Å². The monoisotopic (exact) mass is 1000 g/mol. The van der Waals surface area contributed by atoms with E-state index in [1.54, 1.807) is 0 Å². The van der Waals surface area contributed by atoms with Crippen LogP contribution in [0.3, 0.4) is 0 Å². The van der Waals surface area contributed by atoms with E-state index in [0.717, 1.165) is 141 Å². The Morgan fingerprint density at radius 1 is 0.414 bits per heavy atom. The number of ether oxygens (including phenoxy) is 3. The number of rotatable bonds is 51. The predicted molar refractivity (Wildman–Crippen MR) is 288 cm³/mol. The molecule has 3 atom stereocenters. The Hall–Kier alpha value is -3.08. The first-order valence-electron chi connectivity index (χ1n) is 27.8. The van der Waals surface area contributed by atoms with Crippen molar-refractivity contribution in [2.45, 2.75) is 251 Å². The van der Waals surface area contributed by atoms with Crippen molar-refractivity contribution < 1.29 is 52.2 Å². The topological polar surface area (TPSA) is 155 Å². The van der Waals surface area contributed by atoms with Crippen LogP contribution in [0.25, 0.3) is 0 Å². The molecule has 12 heteroatoms. The molecule has 11 nitrogen and oxygen atoms in total. The van der Waals surface area contributed by atoms with E-state index in [0.29, 0.717) is 19.3 Å². The zero-order valence-corrected chi connectivity index (χ0v) is 45.4. The van der Waals surface area contributed by atoms with Crippen molar-refractivity contribution in [3.05, 3.63) is 72.9 Å². The van der Waals surface area contributed by atoms with Crippen LogP contribution in [0.1, 0.15) is 239 Å². The summed E-state index contributed by atoms with van der Waals surface area (Å²) in [5.41, 5.74) is 0. The number of aliphatic hydroxyl groups is 1. The molecule has 0 saturated carbocycles. The first-order valence-corrected chi connectivity index (χ1v) is 29.3. The second kappa shape index (κ2) is 52.2. The molecule has 0 radical (unpaired) electrons. The lowest BCUT2D eigenvalue weighted by Gasteiger charge is -2.21. The molecular weight excluding hydrogens is 904 g/mol. The third kappa shape index (κ3) is 49.9. The molecule has 0 spiro atoms. The highest BCUT2D eigenvalue weighted by Crippen LogP contribution is 2.43. The zero-order chi connectivity index (χ0) is 51.3. The van der Waals surface area contributed by atoms with Crippen LogP contribution in [0.4, 0.5) is 0 Å². The van der Waals surface area contributed by atoms with E-state index in [4.69, 9.17) is 23.3 Å². The fourth-order valence-corrected chi connectivity index (χ4v) is 8.11. The van der Waals surface area contributed by atoms with Crippen molar-refractivity contribution >= 4 is 25.7 Å². The van der Waals surface area contributed by atoms with Crippen LogP contribution in [0.15, 0.2) is 72.9 Å². The number of phosphoric ester groups is 1. The van der Waals surface area contributed by atoms with Gasteiger partial charge in [0.2, 0.25) is 0 Å². The van der Waals surface area contributed by atoms with Crippen LogP contribution >= 0.6 is 7.82 Å². The van der Waals surface area contributed by atoms with Gasteiger partial charge in [-0.05, 0) is 103 Å². The van der Waals surface area contributed by atoms with Crippen molar-refractivity contribution in [2.24, 2.45) is 0 Å². The first-order chi connectivity index (χ1) is 34.2. The van der Waals surface area contributed by atoms with Gasteiger partial charge < -0.3 is 24.2 Å². The van der Waals surface area contributed by atoms with E-state index in [-0.39, 0.29) is 25.9 Å². The average molecular weight is 1010 g/mol. The lowest BCUT2D eigenvalue weighted by atomic mass is 10.1. The van der Waals surface area contributed by atoms with E-state index >= 15 is 0 Å². The summed E-state index contributed by atoms with van der Waals surface area (Å²) in [5.74, 6) is -1.50. The fraction of sp³-hybridized carbons (Fsp3) is 0.741. The van der Waals surface area contributed by atoms with E-state index in [2.05, 4.69) is 93.7 Å². The van der Waals surface area contributed by atoms with Crippen LogP contribution < -0.4 is 0 Å².